The van der Waals surface area contributed by atoms with Crippen molar-refractivity contribution in [2.75, 3.05) is 19.8 Å². The number of hydrogen-bond donors (Lipinski definition) is 1. The molecule has 0 amide bonds. The van der Waals surface area contributed by atoms with E-state index in [-0.39, 0.29) is 18.3 Å². The molecule has 0 radical (unpaired) electrons. The summed E-state index contributed by atoms with van der Waals surface area (Å²) in [5.74, 6) is 0.0220. The zero-order chi connectivity index (χ0) is 11.4. The second-order valence-electron chi connectivity index (χ2n) is 4.26. The van der Waals surface area contributed by atoms with Gasteiger partial charge in [-0.3, -0.25) is 0 Å². The average molecular weight is 224 g/mol. The molecule has 1 aromatic rings. The standard InChI is InChI=1S/C13H17FO2/c14-13-4-2-1-3-11(13)12(9-15)10-5-7-16-8-6-10/h1-4,10,12,15H,5-9H2. The fraction of sp³-hybridized carbons (Fsp3) is 0.538. The SMILES string of the molecule is OCC(c1ccccc1F)C1CCOCC1. The molecule has 1 heterocycles. The summed E-state index contributed by atoms with van der Waals surface area (Å²) in [7, 11) is 0. The molecule has 16 heavy (non-hydrogen) atoms. The molecule has 2 nitrogen and oxygen atoms in total. The number of benzene rings is 1. The molecular weight excluding hydrogens is 207 g/mol. The van der Waals surface area contributed by atoms with Crippen molar-refractivity contribution < 1.29 is 14.2 Å². The van der Waals surface area contributed by atoms with Crippen LogP contribution in [0.25, 0.3) is 0 Å². The lowest BCUT2D eigenvalue weighted by Crippen LogP contribution is -2.25. The Kier molecular flexibility index (Phi) is 3.91. The largest absolute Gasteiger partial charge is 0.396 e. The number of aliphatic hydroxyl groups is 1. The highest BCUT2D eigenvalue weighted by atomic mass is 19.1. The van der Waals surface area contributed by atoms with Crippen LogP contribution in [0.3, 0.4) is 0 Å². The van der Waals surface area contributed by atoms with Crippen LogP contribution < -0.4 is 0 Å². The summed E-state index contributed by atoms with van der Waals surface area (Å²) in [5.41, 5.74) is 0.636. The maximum atomic E-state index is 13.6. The summed E-state index contributed by atoms with van der Waals surface area (Å²) in [6.07, 6.45) is 1.80. The van der Waals surface area contributed by atoms with Gasteiger partial charge in [0.15, 0.2) is 0 Å². The first kappa shape index (κ1) is 11.6. The summed E-state index contributed by atoms with van der Waals surface area (Å²) < 4.78 is 18.9. The zero-order valence-electron chi connectivity index (χ0n) is 9.23. The van der Waals surface area contributed by atoms with Gasteiger partial charge in [0, 0.05) is 19.1 Å². The van der Waals surface area contributed by atoms with Crippen molar-refractivity contribution in [1.82, 2.24) is 0 Å². The second kappa shape index (κ2) is 5.41. The van der Waals surface area contributed by atoms with Gasteiger partial charge < -0.3 is 9.84 Å². The Morgan fingerprint density at radius 2 is 2.00 bits per heavy atom. The normalized spacial score (nSPS) is 19.6. The lowest BCUT2D eigenvalue weighted by molar-refractivity contribution is 0.0488. The Morgan fingerprint density at radius 1 is 1.31 bits per heavy atom. The molecule has 1 aromatic carbocycles. The minimum absolute atomic E-state index is 0.00556. The molecule has 1 saturated heterocycles. The number of aliphatic hydroxyl groups excluding tert-OH is 1. The number of halogens is 1. The van der Waals surface area contributed by atoms with Crippen molar-refractivity contribution in [1.29, 1.82) is 0 Å². The quantitative estimate of drug-likeness (QED) is 0.853. The summed E-state index contributed by atoms with van der Waals surface area (Å²) in [6.45, 7) is 1.44. The first-order chi connectivity index (χ1) is 7.83. The minimum Gasteiger partial charge on any atom is -0.396 e. The third kappa shape index (κ3) is 2.42. The van der Waals surface area contributed by atoms with E-state index < -0.39 is 0 Å². The molecule has 0 spiro atoms. The van der Waals surface area contributed by atoms with E-state index in [9.17, 15) is 9.50 Å². The van der Waals surface area contributed by atoms with Crippen LogP contribution in [0.4, 0.5) is 4.39 Å². The van der Waals surface area contributed by atoms with Crippen LogP contribution in [0.2, 0.25) is 0 Å². The molecule has 0 bridgehead atoms. The first-order valence-corrected chi connectivity index (χ1v) is 5.76. The van der Waals surface area contributed by atoms with E-state index in [0.29, 0.717) is 11.5 Å². The van der Waals surface area contributed by atoms with Gasteiger partial charge in [0.2, 0.25) is 0 Å². The molecule has 1 N–H and O–H groups in total. The van der Waals surface area contributed by atoms with Crippen molar-refractivity contribution in [3.8, 4) is 0 Å². The van der Waals surface area contributed by atoms with Gasteiger partial charge in [-0.2, -0.15) is 0 Å². The van der Waals surface area contributed by atoms with Crippen LogP contribution in [-0.4, -0.2) is 24.9 Å². The first-order valence-electron chi connectivity index (χ1n) is 5.76. The zero-order valence-corrected chi connectivity index (χ0v) is 9.23. The number of rotatable bonds is 3. The van der Waals surface area contributed by atoms with Gasteiger partial charge in [-0.15, -0.1) is 0 Å². The lowest BCUT2D eigenvalue weighted by atomic mass is 9.81. The van der Waals surface area contributed by atoms with E-state index in [1.54, 1.807) is 12.1 Å². The molecule has 1 aliphatic heterocycles. The molecule has 3 heteroatoms. The smallest absolute Gasteiger partial charge is 0.126 e. The van der Waals surface area contributed by atoms with Gasteiger partial charge in [0.1, 0.15) is 5.82 Å². The molecule has 88 valence electrons. The van der Waals surface area contributed by atoms with Crippen molar-refractivity contribution in [3.63, 3.8) is 0 Å². The van der Waals surface area contributed by atoms with Crippen LogP contribution in [0.15, 0.2) is 24.3 Å². The van der Waals surface area contributed by atoms with Gasteiger partial charge in [0.05, 0.1) is 6.61 Å². The summed E-state index contributed by atoms with van der Waals surface area (Å²) in [4.78, 5) is 0. The Labute approximate surface area is 95.1 Å². The summed E-state index contributed by atoms with van der Waals surface area (Å²) in [5, 5.41) is 9.45. The molecule has 2 rings (SSSR count). The Bertz CT molecular complexity index is 334. The molecule has 1 unspecified atom stereocenters. The highest BCUT2D eigenvalue weighted by Crippen LogP contribution is 2.32. The molecule has 0 aromatic heterocycles. The predicted octanol–water partition coefficient (Wildman–Crippen LogP) is 2.33. The second-order valence-corrected chi connectivity index (χ2v) is 4.26. The molecule has 0 saturated carbocycles. The Hall–Kier alpha value is -0.930. The average Bonchev–Trinajstić information content (AvgIpc) is 2.34. The maximum absolute atomic E-state index is 13.6. The molecular formula is C13H17FO2. The number of ether oxygens (including phenoxy) is 1. The number of hydrogen-bond acceptors (Lipinski definition) is 2. The highest BCUT2D eigenvalue weighted by Gasteiger charge is 2.26. The third-order valence-corrected chi connectivity index (χ3v) is 3.34. The van der Waals surface area contributed by atoms with Gasteiger partial charge in [-0.1, -0.05) is 18.2 Å². The van der Waals surface area contributed by atoms with Crippen LogP contribution >= 0.6 is 0 Å². The molecule has 1 fully saturated rings. The van der Waals surface area contributed by atoms with E-state index in [1.165, 1.54) is 6.07 Å². The minimum atomic E-state index is -0.215. The van der Waals surface area contributed by atoms with Gasteiger partial charge in [-0.25, -0.2) is 4.39 Å². The van der Waals surface area contributed by atoms with Gasteiger partial charge in [-0.05, 0) is 30.4 Å². The molecule has 1 aliphatic rings. The van der Waals surface area contributed by atoms with E-state index in [0.717, 1.165) is 26.1 Å². The van der Waals surface area contributed by atoms with Crippen LogP contribution in [0, 0.1) is 11.7 Å². The Morgan fingerprint density at radius 3 is 2.62 bits per heavy atom. The highest BCUT2D eigenvalue weighted by molar-refractivity contribution is 5.22. The topological polar surface area (TPSA) is 29.5 Å². The van der Waals surface area contributed by atoms with Gasteiger partial charge in [0.25, 0.3) is 0 Å². The van der Waals surface area contributed by atoms with E-state index >= 15 is 0 Å². The van der Waals surface area contributed by atoms with Crippen molar-refractivity contribution >= 4 is 0 Å². The van der Waals surface area contributed by atoms with Crippen LogP contribution in [-0.2, 0) is 4.74 Å². The van der Waals surface area contributed by atoms with Crippen LogP contribution in [0.1, 0.15) is 24.3 Å². The lowest BCUT2D eigenvalue weighted by Gasteiger charge is -2.29. The van der Waals surface area contributed by atoms with Crippen molar-refractivity contribution in [3.05, 3.63) is 35.6 Å². The van der Waals surface area contributed by atoms with E-state index in [1.807, 2.05) is 6.07 Å². The van der Waals surface area contributed by atoms with Crippen LogP contribution in [0.5, 0.6) is 0 Å². The maximum Gasteiger partial charge on any atom is 0.126 e. The third-order valence-electron chi connectivity index (χ3n) is 3.34. The molecule has 0 aliphatic carbocycles. The summed E-state index contributed by atoms with van der Waals surface area (Å²) >= 11 is 0. The van der Waals surface area contributed by atoms with Crippen molar-refractivity contribution in [2.24, 2.45) is 5.92 Å². The fourth-order valence-corrected chi connectivity index (χ4v) is 2.40. The molecule has 1 atom stereocenters. The van der Waals surface area contributed by atoms with E-state index in [2.05, 4.69) is 0 Å². The fourth-order valence-electron chi connectivity index (χ4n) is 2.40. The monoisotopic (exact) mass is 224 g/mol. The van der Waals surface area contributed by atoms with E-state index in [4.69, 9.17) is 4.74 Å². The summed E-state index contributed by atoms with van der Waals surface area (Å²) in [6, 6.07) is 6.72. The van der Waals surface area contributed by atoms with Crippen molar-refractivity contribution in [2.45, 2.75) is 18.8 Å². The Balaban J connectivity index is 2.18. The van der Waals surface area contributed by atoms with Gasteiger partial charge >= 0.3 is 0 Å². The predicted molar refractivity (Wildman–Crippen MR) is 59.8 cm³/mol.